The Morgan fingerprint density at radius 2 is 1.88 bits per heavy atom. The van der Waals surface area contributed by atoms with Crippen LogP contribution < -0.4 is 18.9 Å². The third-order valence-electron chi connectivity index (χ3n) is 2.65. The Labute approximate surface area is 91.9 Å². The third kappa shape index (κ3) is 0.997. The van der Waals surface area contributed by atoms with Crippen molar-refractivity contribution in [2.75, 3.05) is 21.0 Å². The summed E-state index contributed by atoms with van der Waals surface area (Å²) in [6.07, 6.45) is 1.83. The highest BCUT2D eigenvalue weighted by Crippen LogP contribution is 2.52. The second kappa shape index (κ2) is 3.23. The van der Waals surface area contributed by atoms with Crippen LogP contribution in [-0.2, 0) is 0 Å². The van der Waals surface area contributed by atoms with Crippen LogP contribution in [0.4, 0.5) is 0 Å². The molecule has 0 spiro atoms. The predicted octanol–water partition coefficient (Wildman–Crippen LogP) is 1.91. The van der Waals surface area contributed by atoms with E-state index in [2.05, 4.69) is 4.98 Å². The van der Waals surface area contributed by atoms with Crippen LogP contribution in [0.2, 0.25) is 0 Å². The molecule has 1 N–H and O–H groups in total. The summed E-state index contributed by atoms with van der Waals surface area (Å²) in [4.78, 5) is 3.11. The summed E-state index contributed by atoms with van der Waals surface area (Å²) in [5.74, 6) is 2.50. The van der Waals surface area contributed by atoms with Crippen LogP contribution in [0.5, 0.6) is 23.0 Å². The van der Waals surface area contributed by atoms with Gasteiger partial charge in [-0.1, -0.05) is 0 Å². The molecule has 1 aromatic carbocycles. The minimum Gasteiger partial charge on any atom is -0.492 e. The van der Waals surface area contributed by atoms with Crippen LogP contribution in [0.1, 0.15) is 0 Å². The molecule has 0 radical (unpaired) electrons. The molecule has 0 atom stereocenters. The monoisotopic (exact) mass is 221 g/mol. The number of benzene rings is 1. The van der Waals surface area contributed by atoms with Crippen molar-refractivity contribution < 1.29 is 18.9 Å². The first-order chi connectivity index (χ1) is 7.86. The zero-order valence-corrected chi connectivity index (χ0v) is 8.99. The molecule has 0 bridgehead atoms. The largest absolute Gasteiger partial charge is 0.492 e. The number of ether oxygens (including phenoxy) is 4. The Kier molecular flexibility index (Phi) is 1.86. The van der Waals surface area contributed by atoms with Crippen LogP contribution in [0.25, 0.3) is 10.9 Å². The van der Waals surface area contributed by atoms with Crippen LogP contribution in [-0.4, -0.2) is 26.0 Å². The van der Waals surface area contributed by atoms with Gasteiger partial charge in [0.2, 0.25) is 18.3 Å². The SMILES string of the molecule is COc1c2c(c3[nH]ccc3c1OC)OCO2. The van der Waals surface area contributed by atoms with Crippen molar-refractivity contribution in [1.29, 1.82) is 0 Å². The Hall–Kier alpha value is -2.04. The zero-order valence-electron chi connectivity index (χ0n) is 8.99. The highest BCUT2D eigenvalue weighted by Gasteiger charge is 2.28. The molecule has 2 heterocycles. The van der Waals surface area contributed by atoms with E-state index in [1.807, 2.05) is 12.3 Å². The lowest BCUT2D eigenvalue weighted by Gasteiger charge is -2.11. The van der Waals surface area contributed by atoms with Gasteiger partial charge in [0.1, 0.15) is 0 Å². The molecule has 5 nitrogen and oxygen atoms in total. The average molecular weight is 221 g/mol. The predicted molar refractivity (Wildman–Crippen MR) is 57.5 cm³/mol. The highest BCUT2D eigenvalue weighted by atomic mass is 16.7. The summed E-state index contributed by atoms with van der Waals surface area (Å²) in [6, 6.07) is 1.92. The lowest BCUT2D eigenvalue weighted by molar-refractivity contribution is 0.171. The Balaban J connectivity index is 2.44. The molecule has 0 unspecified atom stereocenters. The molecule has 1 aliphatic heterocycles. The first-order valence-electron chi connectivity index (χ1n) is 4.87. The maximum atomic E-state index is 5.42. The van der Waals surface area contributed by atoms with Gasteiger partial charge in [-0.15, -0.1) is 0 Å². The first-order valence-corrected chi connectivity index (χ1v) is 4.87. The van der Waals surface area contributed by atoms with Crippen molar-refractivity contribution in [2.24, 2.45) is 0 Å². The number of H-pyrrole nitrogens is 1. The normalized spacial score (nSPS) is 13.1. The highest BCUT2D eigenvalue weighted by molar-refractivity contribution is 5.97. The van der Waals surface area contributed by atoms with E-state index in [-0.39, 0.29) is 6.79 Å². The van der Waals surface area contributed by atoms with Crippen molar-refractivity contribution in [2.45, 2.75) is 0 Å². The number of aromatic amines is 1. The van der Waals surface area contributed by atoms with Crippen molar-refractivity contribution in [3.8, 4) is 23.0 Å². The minimum absolute atomic E-state index is 0.201. The Morgan fingerprint density at radius 1 is 1.12 bits per heavy atom. The molecule has 1 aromatic heterocycles. The molecule has 0 saturated heterocycles. The standard InChI is InChI=1S/C11H11NO4/c1-13-8-6-3-4-12-7(6)9-11(10(8)14-2)16-5-15-9/h3-4,12H,5H2,1-2H3. The molecule has 1 aliphatic rings. The van der Waals surface area contributed by atoms with E-state index in [1.54, 1.807) is 14.2 Å². The molecule has 3 rings (SSSR count). The van der Waals surface area contributed by atoms with E-state index in [0.717, 1.165) is 10.9 Å². The lowest BCUT2D eigenvalue weighted by atomic mass is 10.2. The summed E-state index contributed by atoms with van der Waals surface area (Å²) < 4.78 is 21.5. The van der Waals surface area contributed by atoms with Crippen molar-refractivity contribution in [3.63, 3.8) is 0 Å². The van der Waals surface area contributed by atoms with Crippen LogP contribution in [0.3, 0.4) is 0 Å². The van der Waals surface area contributed by atoms with Crippen molar-refractivity contribution in [1.82, 2.24) is 4.98 Å². The minimum atomic E-state index is 0.201. The topological polar surface area (TPSA) is 52.7 Å². The van der Waals surface area contributed by atoms with Gasteiger partial charge in [-0.2, -0.15) is 0 Å². The van der Waals surface area contributed by atoms with Crippen LogP contribution in [0.15, 0.2) is 12.3 Å². The van der Waals surface area contributed by atoms with Gasteiger partial charge in [0.05, 0.1) is 19.7 Å². The molecule has 16 heavy (non-hydrogen) atoms. The van der Waals surface area contributed by atoms with Gasteiger partial charge in [0.15, 0.2) is 11.5 Å². The second-order valence-corrected chi connectivity index (χ2v) is 3.40. The molecular weight excluding hydrogens is 210 g/mol. The average Bonchev–Trinajstić information content (AvgIpc) is 2.93. The molecule has 0 aliphatic carbocycles. The third-order valence-corrected chi connectivity index (χ3v) is 2.65. The number of nitrogens with one attached hydrogen (secondary N) is 1. The van der Waals surface area contributed by atoms with Crippen LogP contribution >= 0.6 is 0 Å². The van der Waals surface area contributed by atoms with Gasteiger partial charge in [0, 0.05) is 11.6 Å². The van der Waals surface area contributed by atoms with Gasteiger partial charge in [-0.25, -0.2) is 0 Å². The number of aromatic nitrogens is 1. The first kappa shape index (κ1) is 9.21. The molecule has 0 amide bonds. The van der Waals surface area contributed by atoms with Gasteiger partial charge in [0.25, 0.3) is 0 Å². The Bertz CT molecular complexity index is 546. The van der Waals surface area contributed by atoms with Crippen molar-refractivity contribution >= 4 is 10.9 Å². The van der Waals surface area contributed by atoms with Crippen molar-refractivity contribution in [3.05, 3.63) is 12.3 Å². The molecular formula is C11H11NO4. The van der Waals surface area contributed by atoms with E-state index in [0.29, 0.717) is 23.0 Å². The number of fused-ring (bicyclic) bond motifs is 3. The maximum absolute atomic E-state index is 5.42. The van der Waals surface area contributed by atoms with Gasteiger partial charge in [-0.3, -0.25) is 0 Å². The summed E-state index contributed by atoms with van der Waals surface area (Å²) >= 11 is 0. The number of hydrogen-bond donors (Lipinski definition) is 1. The molecule has 5 heteroatoms. The van der Waals surface area contributed by atoms with E-state index in [1.165, 1.54) is 0 Å². The summed E-state index contributed by atoms with van der Waals surface area (Å²) in [7, 11) is 3.19. The zero-order chi connectivity index (χ0) is 11.1. The van der Waals surface area contributed by atoms with Gasteiger partial charge >= 0.3 is 0 Å². The van der Waals surface area contributed by atoms with E-state index < -0.39 is 0 Å². The number of methoxy groups -OCH3 is 2. The van der Waals surface area contributed by atoms with E-state index in [9.17, 15) is 0 Å². The van der Waals surface area contributed by atoms with E-state index in [4.69, 9.17) is 18.9 Å². The summed E-state index contributed by atoms with van der Waals surface area (Å²) in [6.45, 7) is 0.201. The quantitative estimate of drug-likeness (QED) is 0.841. The molecule has 0 fully saturated rings. The van der Waals surface area contributed by atoms with Gasteiger partial charge < -0.3 is 23.9 Å². The summed E-state index contributed by atoms with van der Waals surface area (Å²) in [5.41, 5.74) is 0.866. The fourth-order valence-electron chi connectivity index (χ4n) is 1.99. The Morgan fingerprint density at radius 3 is 2.62 bits per heavy atom. The molecule has 0 saturated carbocycles. The van der Waals surface area contributed by atoms with E-state index >= 15 is 0 Å². The second-order valence-electron chi connectivity index (χ2n) is 3.40. The molecule has 84 valence electrons. The van der Waals surface area contributed by atoms with Gasteiger partial charge in [-0.05, 0) is 6.07 Å². The van der Waals surface area contributed by atoms with Crippen LogP contribution in [0, 0.1) is 0 Å². The number of hydrogen-bond acceptors (Lipinski definition) is 4. The molecule has 2 aromatic rings. The number of rotatable bonds is 2. The maximum Gasteiger partial charge on any atom is 0.231 e. The lowest BCUT2D eigenvalue weighted by Crippen LogP contribution is -1.95. The fourth-order valence-corrected chi connectivity index (χ4v) is 1.99. The summed E-state index contributed by atoms with van der Waals surface area (Å²) in [5, 5.41) is 0.920. The smallest absolute Gasteiger partial charge is 0.231 e. The fraction of sp³-hybridized carbons (Fsp3) is 0.273.